The van der Waals surface area contributed by atoms with E-state index in [2.05, 4.69) is 0 Å². The summed E-state index contributed by atoms with van der Waals surface area (Å²) in [6, 6.07) is 10.6. The van der Waals surface area contributed by atoms with Gasteiger partial charge >= 0.3 is 5.97 Å². The lowest BCUT2D eigenvalue weighted by atomic mass is 9.95. The predicted octanol–water partition coefficient (Wildman–Crippen LogP) is 2.98. The number of carbonyl (C=O) groups is 1. The van der Waals surface area contributed by atoms with Gasteiger partial charge in [-0.2, -0.15) is 0 Å². The number of carbonyl (C=O) groups excluding carboxylic acids is 1. The van der Waals surface area contributed by atoms with E-state index in [0.717, 1.165) is 5.56 Å². The molecule has 0 fully saturated rings. The first-order valence-corrected chi connectivity index (χ1v) is 6.93. The number of nitrogens with two attached hydrogens (primary N) is 2. The quantitative estimate of drug-likeness (QED) is 0.513. The smallest absolute Gasteiger partial charge is 0.338 e. The Kier molecular flexibility index (Phi) is 5.03. The highest BCUT2D eigenvalue weighted by atomic mass is 35.5. The van der Waals surface area contributed by atoms with Crippen LogP contribution in [-0.4, -0.2) is 20.2 Å². The number of esters is 1. The first kappa shape index (κ1) is 16.3. The Morgan fingerprint density at radius 3 is 2.41 bits per heavy atom. The molecule has 0 aliphatic carbocycles. The largest absolute Gasteiger partial charge is 0.465 e. The Morgan fingerprint density at radius 1 is 1.14 bits per heavy atom. The molecule has 2 aromatic rings. The van der Waals surface area contributed by atoms with E-state index in [-0.39, 0.29) is 5.56 Å². The van der Waals surface area contributed by atoms with E-state index in [4.69, 9.17) is 32.5 Å². The van der Waals surface area contributed by atoms with Crippen LogP contribution in [0.2, 0.25) is 5.02 Å². The van der Waals surface area contributed by atoms with Crippen LogP contribution in [0.1, 0.15) is 22.1 Å². The monoisotopic (exact) mass is 320 g/mol. The van der Waals surface area contributed by atoms with Crippen molar-refractivity contribution in [1.29, 1.82) is 0 Å². The molecule has 2 rings (SSSR count). The number of nitrogen functional groups attached to an aromatic ring is 1. The molecule has 0 amide bonds. The topological polar surface area (TPSA) is 87.6 Å². The predicted molar refractivity (Wildman–Crippen MR) is 86.6 cm³/mol. The second kappa shape index (κ2) is 6.79. The molecule has 0 heterocycles. The average molecular weight is 321 g/mol. The molecule has 0 saturated carbocycles. The van der Waals surface area contributed by atoms with E-state index >= 15 is 0 Å². The van der Waals surface area contributed by atoms with Gasteiger partial charge in [0.05, 0.1) is 12.7 Å². The number of halogens is 1. The summed E-state index contributed by atoms with van der Waals surface area (Å²) in [6.07, 6.45) is -0.850. The lowest BCUT2D eigenvalue weighted by molar-refractivity contribution is 0.0586. The molecule has 1 atom stereocenters. The third-order valence-corrected chi connectivity index (χ3v) is 3.72. The Balaban J connectivity index is 2.70. The number of ether oxygens (including phenoxy) is 2. The number of hydrogen-bond acceptors (Lipinski definition) is 5. The zero-order chi connectivity index (χ0) is 16.3. The third kappa shape index (κ3) is 2.92. The minimum atomic E-state index is -0.850. The summed E-state index contributed by atoms with van der Waals surface area (Å²) in [6.45, 7) is 0. The molecule has 0 spiro atoms. The molecular weight excluding hydrogens is 304 g/mol. The molecule has 0 saturated heterocycles. The van der Waals surface area contributed by atoms with E-state index in [1.165, 1.54) is 14.2 Å². The van der Waals surface area contributed by atoms with Gasteiger partial charge in [0.1, 0.15) is 6.23 Å². The Morgan fingerprint density at radius 2 is 1.82 bits per heavy atom. The van der Waals surface area contributed by atoms with Crippen LogP contribution in [0.3, 0.4) is 0 Å². The fourth-order valence-corrected chi connectivity index (χ4v) is 2.50. The molecule has 6 heteroatoms. The minimum absolute atomic E-state index is 0.269. The molecule has 0 aromatic heterocycles. The number of rotatable bonds is 4. The van der Waals surface area contributed by atoms with E-state index < -0.39 is 12.2 Å². The summed E-state index contributed by atoms with van der Waals surface area (Å²) in [4.78, 5) is 11.9. The molecule has 116 valence electrons. The fourth-order valence-electron chi connectivity index (χ4n) is 2.26. The van der Waals surface area contributed by atoms with Crippen LogP contribution in [0.4, 0.5) is 5.69 Å². The van der Waals surface area contributed by atoms with Gasteiger partial charge in [0, 0.05) is 34.5 Å². The minimum Gasteiger partial charge on any atom is -0.465 e. The van der Waals surface area contributed by atoms with Gasteiger partial charge in [-0.05, 0) is 12.1 Å². The number of hydrogen-bond donors (Lipinski definition) is 2. The van der Waals surface area contributed by atoms with Crippen LogP contribution in [0.25, 0.3) is 11.1 Å². The SMILES string of the molecule is COC(=O)c1ccc(-c2ccccc2Cl)c(N)c1C(N)OC. The van der Waals surface area contributed by atoms with Gasteiger partial charge in [-0.3, -0.25) is 0 Å². The van der Waals surface area contributed by atoms with Crippen molar-refractivity contribution in [1.82, 2.24) is 0 Å². The molecule has 1 unspecified atom stereocenters. The normalized spacial score (nSPS) is 12.0. The summed E-state index contributed by atoms with van der Waals surface area (Å²) >= 11 is 6.22. The highest BCUT2D eigenvalue weighted by Crippen LogP contribution is 2.37. The van der Waals surface area contributed by atoms with Gasteiger partial charge in [0.25, 0.3) is 0 Å². The van der Waals surface area contributed by atoms with E-state index in [0.29, 0.717) is 21.8 Å². The lowest BCUT2D eigenvalue weighted by Crippen LogP contribution is -2.19. The molecule has 4 N–H and O–H groups in total. The van der Waals surface area contributed by atoms with Gasteiger partial charge in [-0.1, -0.05) is 35.9 Å². The van der Waals surface area contributed by atoms with Gasteiger partial charge in [-0.25, -0.2) is 4.79 Å². The molecule has 0 aliphatic heterocycles. The van der Waals surface area contributed by atoms with Crippen molar-refractivity contribution < 1.29 is 14.3 Å². The van der Waals surface area contributed by atoms with Crippen LogP contribution in [0.15, 0.2) is 36.4 Å². The average Bonchev–Trinajstić information content (AvgIpc) is 2.54. The van der Waals surface area contributed by atoms with Crippen LogP contribution in [0.5, 0.6) is 0 Å². The number of benzene rings is 2. The van der Waals surface area contributed by atoms with Crippen molar-refractivity contribution in [2.45, 2.75) is 6.23 Å². The molecular formula is C16H17ClN2O3. The van der Waals surface area contributed by atoms with Crippen LogP contribution < -0.4 is 11.5 Å². The molecule has 2 aromatic carbocycles. The van der Waals surface area contributed by atoms with Crippen molar-refractivity contribution in [3.05, 3.63) is 52.5 Å². The van der Waals surface area contributed by atoms with Crippen molar-refractivity contribution in [2.24, 2.45) is 5.73 Å². The molecule has 5 nitrogen and oxygen atoms in total. The number of methoxy groups -OCH3 is 2. The summed E-state index contributed by atoms with van der Waals surface area (Å²) in [5, 5.41) is 0.553. The maximum Gasteiger partial charge on any atom is 0.338 e. The molecule has 0 radical (unpaired) electrons. The lowest BCUT2D eigenvalue weighted by Gasteiger charge is -2.19. The fraction of sp³-hybridized carbons (Fsp3) is 0.188. The first-order valence-electron chi connectivity index (χ1n) is 6.55. The molecule has 0 aliphatic rings. The van der Waals surface area contributed by atoms with E-state index in [9.17, 15) is 4.79 Å². The van der Waals surface area contributed by atoms with E-state index in [1.807, 2.05) is 18.2 Å². The van der Waals surface area contributed by atoms with Crippen molar-refractivity contribution in [3.8, 4) is 11.1 Å². The van der Waals surface area contributed by atoms with Crippen molar-refractivity contribution >= 4 is 23.3 Å². The van der Waals surface area contributed by atoms with Crippen molar-refractivity contribution in [2.75, 3.05) is 20.0 Å². The van der Waals surface area contributed by atoms with Crippen LogP contribution in [-0.2, 0) is 9.47 Å². The maximum absolute atomic E-state index is 11.9. The van der Waals surface area contributed by atoms with Gasteiger partial charge in [0.2, 0.25) is 0 Å². The standard InChI is InChI=1S/C16H17ClN2O3/c1-21-15(19)13-11(16(20)22-2)8-7-10(14(13)18)9-5-3-4-6-12(9)17/h3-8,15H,18-19H2,1-2H3. The highest BCUT2D eigenvalue weighted by molar-refractivity contribution is 6.33. The first-order chi connectivity index (χ1) is 10.5. The molecule has 0 bridgehead atoms. The summed E-state index contributed by atoms with van der Waals surface area (Å²) in [5.41, 5.74) is 14.6. The van der Waals surface area contributed by atoms with E-state index in [1.54, 1.807) is 18.2 Å². The van der Waals surface area contributed by atoms with Gasteiger partial charge in [-0.15, -0.1) is 0 Å². The van der Waals surface area contributed by atoms with Crippen molar-refractivity contribution in [3.63, 3.8) is 0 Å². The second-order valence-electron chi connectivity index (χ2n) is 4.62. The Hall–Kier alpha value is -2.08. The third-order valence-electron chi connectivity index (χ3n) is 3.39. The van der Waals surface area contributed by atoms with Gasteiger partial charge < -0.3 is 20.9 Å². The Labute approximate surface area is 133 Å². The zero-order valence-electron chi connectivity index (χ0n) is 12.3. The number of anilines is 1. The summed E-state index contributed by atoms with van der Waals surface area (Å²) < 4.78 is 9.89. The van der Waals surface area contributed by atoms with Crippen LogP contribution in [0, 0.1) is 0 Å². The highest BCUT2D eigenvalue weighted by Gasteiger charge is 2.23. The van der Waals surface area contributed by atoms with Gasteiger partial charge in [0.15, 0.2) is 0 Å². The summed E-state index contributed by atoms with van der Waals surface area (Å²) in [5.74, 6) is -0.528. The Bertz CT molecular complexity index is 704. The summed E-state index contributed by atoms with van der Waals surface area (Å²) in [7, 11) is 2.73. The molecule has 22 heavy (non-hydrogen) atoms. The maximum atomic E-state index is 11.9. The van der Waals surface area contributed by atoms with Crippen LogP contribution >= 0.6 is 11.6 Å². The second-order valence-corrected chi connectivity index (χ2v) is 5.02. The zero-order valence-corrected chi connectivity index (χ0v) is 13.1.